The topological polar surface area (TPSA) is 58.6 Å². The van der Waals surface area contributed by atoms with E-state index in [0.29, 0.717) is 0 Å². The molecule has 4 aromatic rings. The van der Waals surface area contributed by atoms with Gasteiger partial charge in [-0.3, -0.25) is 0 Å². The van der Waals surface area contributed by atoms with Gasteiger partial charge in [-0.2, -0.15) is 0 Å². The van der Waals surface area contributed by atoms with Crippen molar-refractivity contribution in [1.29, 1.82) is 5.41 Å². The Hall–Kier alpha value is -3.60. The van der Waals surface area contributed by atoms with Gasteiger partial charge < -0.3 is 19.9 Å². The van der Waals surface area contributed by atoms with E-state index in [9.17, 15) is 0 Å². The van der Waals surface area contributed by atoms with Crippen LogP contribution in [0.3, 0.4) is 0 Å². The third kappa shape index (κ3) is 3.91. The number of anilines is 1. The van der Waals surface area contributed by atoms with Gasteiger partial charge >= 0.3 is 0 Å². The molecule has 2 N–H and O–H groups in total. The molecule has 5 nitrogen and oxygen atoms in total. The normalized spacial score (nSPS) is 11.0. The second-order valence-corrected chi connectivity index (χ2v) is 8.09. The lowest BCUT2D eigenvalue weighted by Crippen LogP contribution is -2.09. The zero-order chi connectivity index (χ0) is 22.1. The van der Waals surface area contributed by atoms with Crippen molar-refractivity contribution in [3.63, 3.8) is 0 Å². The SMILES string of the molecule is CNc1cc(Cc2cc(-n3c(C)ccc3C)nc(-n3c(C)ccc3C)c2)ccc1C=N. The summed E-state index contributed by atoms with van der Waals surface area (Å²) in [5, 5.41) is 10.8. The van der Waals surface area contributed by atoms with Gasteiger partial charge in [0, 0.05) is 47.3 Å². The maximum Gasteiger partial charge on any atom is 0.139 e. The van der Waals surface area contributed by atoms with E-state index in [2.05, 4.69) is 90.7 Å². The summed E-state index contributed by atoms with van der Waals surface area (Å²) < 4.78 is 4.41. The summed E-state index contributed by atoms with van der Waals surface area (Å²) in [7, 11) is 1.89. The third-order valence-electron chi connectivity index (χ3n) is 5.81. The number of pyridine rings is 1. The van der Waals surface area contributed by atoms with E-state index in [1.54, 1.807) is 0 Å². The van der Waals surface area contributed by atoms with Crippen LogP contribution < -0.4 is 5.32 Å². The molecule has 0 saturated carbocycles. The Morgan fingerprint density at radius 3 is 1.74 bits per heavy atom. The average Bonchev–Trinajstić information content (AvgIpc) is 3.27. The Balaban J connectivity index is 1.85. The Morgan fingerprint density at radius 2 is 1.29 bits per heavy atom. The first-order valence-electron chi connectivity index (χ1n) is 10.5. The third-order valence-corrected chi connectivity index (χ3v) is 5.81. The molecule has 0 unspecified atom stereocenters. The Kier molecular flexibility index (Phi) is 5.51. The number of hydrogen-bond donors (Lipinski definition) is 2. The smallest absolute Gasteiger partial charge is 0.139 e. The highest BCUT2D eigenvalue weighted by Gasteiger charge is 2.13. The number of nitrogens with one attached hydrogen (secondary N) is 2. The van der Waals surface area contributed by atoms with Gasteiger partial charge in [-0.15, -0.1) is 0 Å². The van der Waals surface area contributed by atoms with Crippen LogP contribution in [0.1, 0.15) is 39.5 Å². The summed E-state index contributed by atoms with van der Waals surface area (Å²) in [5.74, 6) is 1.87. The minimum absolute atomic E-state index is 0.786. The molecule has 31 heavy (non-hydrogen) atoms. The minimum atomic E-state index is 0.786. The Bertz CT molecular complexity index is 1160. The maximum atomic E-state index is 7.60. The fourth-order valence-electron chi connectivity index (χ4n) is 4.24. The van der Waals surface area contributed by atoms with Crippen LogP contribution >= 0.6 is 0 Å². The zero-order valence-corrected chi connectivity index (χ0v) is 18.8. The molecule has 0 aliphatic rings. The van der Waals surface area contributed by atoms with E-state index in [1.165, 1.54) is 40.1 Å². The van der Waals surface area contributed by atoms with Gasteiger partial charge in [-0.25, -0.2) is 4.98 Å². The Labute approximate surface area is 183 Å². The van der Waals surface area contributed by atoms with Crippen molar-refractivity contribution in [3.05, 3.63) is 94.1 Å². The quantitative estimate of drug-likeness (QED) is 0.410. The van der Waals surface area contributed by atoms with Crippen LogP contribution in [-0.2, 0) is 6.42 Å². The van der Waals surface area contributed by atoms with Gasteiger partial charge in [0.25, 0.3) is 0 Å². The number of hydrogen-bond acceptors (Lipinski definition) is 3. The first-order chi connectivity index (χ1) is 14.9. The van der Waals surface area contributed by atoms with Crippen molar-refractivity contribution in [1.82, 2.24) is 14.1 Å². The number of rotatable bonds is 6. The average molecular weight is 412 g/mol. The van der Waals surface area contributed by atoms with Gasteiger partial charge in [-0.05, 0) is 87.7 Å². The van der Waals surface area contributed by atoms with Crippen LogP contribution in [0.2, 0.25) is 0 Å². The van der Waals surface area contributed by atoms with Crippen LogP contribution in [0.4, 0.5) is 5.69 Å². The van der Waals surface area contributed by atoms with Crippen LogP contribution in [-0.4, -0.2) is 27.4 Å². The lowest BCUT2D eigenvalue weighted by Gasteiger charge is -2.16. The number of aromatic nitrogens is 3. The molecule has 0 amide bonds. The number of aryl methyl sites for hydroxylation is 4. The van der Waals surface area contributed by atoms with Crippen LogP contribution in [0, 0.1) is 33.1 Å². The van der Waals surface area contributed by atoms with Gasteiger partial charge in [0.15, 0.2) is 0 Å². The highest BCUT2D eigenvalue weighted by molar-refractivity contribution is 5.85. The highest BCUT2D eigenvalue weighted by Crippen LogP contribution is 2.24. The van der Waals surface area contributed by atoms with Crippen molar-refractivity contribution >= 4 is 11.9 Å². The summed E-state index contributed by atoms with van der Waals surface area (Å²) >= 11 is 0. The fraction of sp³-hybridized carbons (Fsp3) is 0.231. The van der Waals surface area contributed by atoms with E-state index >= 15 is 0 Å². The molecule has 5 heteroatoms. The van der Waals surface area contributed by atoms with E-state index in [0.717, 1.165) is 29.3 Å². The van der Waals surface area contributed by atoms with Crippen molar-refractivity contribution in [2.45, 2.75) is 34.1 Å². The monoisotopic (exact) mass is 411 g/mol. The molecule has 0 aliphatic carbocycles. The molecule has 0 aliphatic heterocycles. The maximum absolute atomic E-state index is 7.60. The number of nitrogens with zero attached hydrogens (tertiary/aromatic N) is 3. The van der Waals surface area contributed by atoms with Gasteiger partial charge in [-0.1, -0.05) is 12.1 Å². The first-order valence-corrected chi connectivity index (χ1v) is 10.5. The summed E-state index contributed by atoms with van der Waals surface area (Å²) in [4.78, 5) is 5.05. The lowest BCUT2D eigenvalue weighted by atomic mass is 10.0. The van der Waals surface area contributed by atoms with Crippen LogP contribution in [0.25, 0.3) is 11.6 Å². The molecule has 1 aromatic carbocycles. The van der Waals surface area contributed by atoms with Crippen molar-refractivity contribution in [3.8, 4) is 11.6 Å². The number of benzene rings is 1. The zero-order valence-electron chi connectivity index (χ0n) is 18.8. The molecular formula is C26H29N5. The van der Waals surface area contributed by atoms with Crippen LogP contribution in [0.15, 0.2) is 54.6 Å². The van der Waals surface area contributed by atoms with Crippen LogP contribution in [0.5, 0.6) is 0 Å². The van der Waals surface area contributed by atoms with Gasteiger partial charge in [0.05, 0.1) is 0 Å². The second kappa shape index (κ2) is 8.26. The molecule has 0 radical (unpaired) electrons. The predicted octanol–water partition coefficient (Wildman–Crippen LogP) is 5.53. The van der Waals surface area contributed by atoms with Gasteiger partial charge in [0.2, 0.25) is 0 Å². The summed E-state index contributed by atoms with van der Waals surface area (Å²) in [6.07, 6.45) is 2.17. The molecule has 3 aromatic heterocycles. The summed E-state index contributed by atoms with van der Waals surface area (Å²) in [6.45, 7) is 8.45. The molecule has 0 fully saturated rings. The molecule has 3 heterocycles. The lowest BCUT2D eigenvalue weighted by molar-refractivity contribution is 0.866. The molecule has 0 atom stereocenters. The summed E-state index contributed by atoms with van der Waals surface area (Å²) in [5.41, 5.74) is 8.92. The van der Waals surface area contributed by atoms with E-state index in [1.807, 2.05) is 13.1 Å². The largest absolute Gasteiger partial charge is 0.388 e. The van der Waals surface area contributed by atoms with Crippen molar-refractivity contribution in [2.75, 3.05) is 12.4 Å². The van der Waals surface area contributed by atoms with Gasteiger partial charge in [0.1, 0.15) is 11.6 Å². The predicted molar refractivity (Wildman–Crippen MR) is 129 cm³/mol. The molecule has 158 valence electrons. The standard InChI is InChI=1S/C26H29N5/c1-17-6-7-18(2)30(17)25-14-22(12-21-10-11-23(16-27)24(13-21)28-5)15-26(29-25)31-19(3)8-9-20(31)4/h6-11,13-16,27-28H,12H2,1-5H3. The summed E-state index contributed by atoms with van der Waals surface area (Å²) in [6, 6.07) is 19.1. The van der Waals surface area contributed by atoms with Crippen molar-refractivity contribution < 1.29 is 0 Å². The van der Waals surface area contributed by atoms with Crippen molar-refractivity contribution in [2.24, 2.45) is 0 Å². The van der Waals surface area contributed by atoms with E-state index < -0.39 is 0 Å². The van der Waals surface area contributed by atoms with E-state index in [4.69, 9.17) is 10.4 Å². The molecule has 0 spiro atoms. The first kappa shape index (κ1) is 20.7. The molecule has 4 rings (SSSR count). The minimum Gasteiger partial charge on any atom is -0.388 e. The second-order valence-electron chi connectivity index (χ2n) is 8.09. The highest BCUT2D eigenvalue weighted by atomic mass is 15.1. The Morgan fingerprint density at radius 1 is 0.774 bits per heavy atom. The fourth-order valence-corrected chi connectivity index (χ4v) is 4.24. The molecular weight excluding hydrogens is 382 g/mol. The van der Waals surface area contributed by atoms with E-state index in [-0.39, 0.29) is 0 Å². The molecule has 0 bridgehead atoms. The molecule has 0 saturated heterocycles.